The Morgan fingerprint density at radius 1 is 1.00 bits per heavy atom. The van der Waals surface area contributed by atoms with E-state index in [0.29, 0.717) is 5.56 Å². The summed E-state index contributed by atoms with van der Waals surface area (Å²) in [5, 5.41) is 11.4. The second-order valence-electron chi connectivity index (χ2n) is 5.03. The number of carboxylic acids is 1. The van der Waals surface area contributed by atoms with Crippen LogP contribution in [0.15, 0.2) is 60.9 Å². The third-order valence-corrected chi connectivity index (χ3v) is 3.50. The molecule has 0 aliphatic rings. The van der Waals surface area contributed by atoms with Crippen molar-refractivity contribution in [1.82, 2.24) is 4.98 Å². The Hall–Kier alpha value is -3.09. The Morgan fingerprint density at radius 3 is 2.12 bits per heavy atom. The molecule has 0 amide bonds. The number of carbonyl (C=O) groups is 1. The van der Waals surface area contributed by atoms with E-state index < -0.39 is 23.5 Å². The van der Waals surface area contributed by atoms with E-state index >= 15 is 0 Å². The number of carbonyl (C=O) groups excluding carboxylic acids is 1. The topological polar surface area (TPSA) is 59.8 Å². The van der Waals surface area contributed by atoms with Crippen LogP contribution in [-0.4, -0.2) is 11.0 Å². The molecule has 0 spiro atoms. The summed E-state index contributed by atoms with van der Waals surface area (Å²) in [5.41, 5.74) is -1.76. The third-order valence-electron chi connectivity index (χ3n) is 3.50. The van der Waals surface area contributed by atoms with Crippen molar-refractivity contribution in [3.8, 4) is 16.8 Å². The Labute approximate surface area is 134 Å². The number of carboxylic acid groups (broad SMARTS) is 1. The van der Waals surface area contributed by atoms with Gasteiger partial charge in [-0.15, -0.1) is 0 Å². The van der Waals surface area contributed by atoms with Crippen molar-refractivity contribution < 1.29 is 27.6 Å². The molecule has 4 nitrogen and oxygen atoms in total. The van der Waals surface area contributed by atoms with Gasteiger partial charge in [0.05, 0.1) is 17.2 Å². The average molecular weight is 332 g/mol. The maximum atomic E-state index is 13.4. The van der Waals surface area contributed by atoms with E-state index in [1.54, 1.807) is 48.5 Å². The van der Waals surface area contributed by atoms with Crippen molar-refractivity contribution in [2.24, 2.45) is 0 Å². The summed E-state index contributed by atoms with van der Waals surface area (Å²) >= 11 is 0. The van der Waals surface area contributed by atoms with Crippen LogP contribution in [0.25, 0.3) is 16.8 Å². The molecule has 3 aromatic rings. The SMILES string of the molecule is O=C([O-])c1[nH]c(C(F)(F)F)c(-[n+]2ccccc2)c1-c1ccccc1. The van der Waals surface area contributed by atoms with Crippen molar-refractivity contribution in [2.75, 3.05) is 0 Å². The first kappa shape index (κ1) is 15.8. The van der Waals surface area contributed by atoms with E-state index in [9.17, 15) is 23.1 Å². The number of alkyl halides is 3. The number of aromatic carboxylic acids is 1. The zero-order valence-electron chi connectivity index (χ0n) is 12.2. The maximum absolute atomic E-state index is 13.4. The summed E-state index contributed by atoms with van der Waals surface area (Å²) in [6, 6.07) is 12.8. The van der Waals surface area contributed by atoms with Crippen LogP contribution in [0.1, 0.15) is 16.2 Å². The van der Waals surface area contributed by atoms with Crippen LogP contribution < -0.4 is 9.67 Å². The molecule has 0 bridgehead atoms. The second kappa shape index (κ2) is 5.84. The minimum Gasteiger partial charge on any atom is -0.543 e. The van der Waals surface area contributed by atoms with Crippen LogP contribution in [0.4, 0.5) is 13.2 Å². The lowest BCUT2D eigenvalue weighted by Gasteiger charge is -2.06. The zero-order chi connectivity index (χ0) is 17.3. The van der Waals surface area contributed by atoms with E-state index in [1.165, 1.54) is 17.0 Å². The average Bonchev–Trinajstić information content (AvgIpc) is 2.97. The van der Waals surface area contributed by atoms with Gasteiger partial charge < -0.3 is 14.9 Å². The number of pyridine rings is 1. The number of aromatic nitrogens is 2. The highest BCUT2D eigenvalue weighted by Crippen LogP contribution is 2.38. The number of H-pyrrole nitrogens is 1. The van der Waals surface area contributed by atoms with E-state index in [1.807, 2.05) is 4.98 Å². The molecule has 0 unspecified atom stereocenters. The van der Waals surface area contributed by atoms with Gasteiger partial charge in [0, 0.05) is 12.1 Å². The maximum Gasteiger partial charge on any atom is 0.437 e. The summed E-state index contributed by atoms with van der Waals surface area (Å²) in [7, 11) is 0. The molecule has 1 N–H and O–H groups in total. The summed E-state index contributed by atoms with van der Waals surface area (Å²) in [5.74, 6) is -1.71. The highest BCUT2D eigenvalue weighted by molar-refractivity contribution is 5.96. The van der Waals surface area contributed by atoms with Gasteiger partial charge in [-0.1, -0.05) is 36.4 Å². The molecule has 0 saturated carbocycles. The summed E-state index contributed by atoms with van der Waals surface area (Å²) in [6.45, 7) is 0. The van der Waals surface area contributed by atoms with Crippen LogP contribution in [0, 0.1) is 0 Å². The Kier molecular flexibility index (Phi) is 3.84. The molecule has 0 aliphatic heterocycles. The van der Waals surface area contributed by atoms with Crippen LogP contribution in [0.5, 0.6) is 0 Å². The lowest BCUT2D eigenvalue weighted by molar-refractivity contribution is -0.596. The quantitative estimate of drug-likeness (QED) is 0.749. The number of aromatic amines is 1. The predicted molar refractivity (Wildman–Crippen MR) is 77.1 cm³/mol. The molecule has 0 fully saturated rings. The van der Waals surface area contributed by atoms with Gasteiger partial charge >= 0.3 is 6.18 Å². The number of nitrogens with one attached hydrogen (secondary N) is 1. The fourth-order valence-corrected chi connectivity index (χ4v) is 2.54. The minimum atomic E-state index is -4.75. The van der Waals surface area contributed by atoms with Crippen molar-refractivity contribution in [2.45, 2.75) is 6.18 Å². The van der Waals surface area contributed by atoms with Crippen molar-refractivity contribution in [1.29, 1.82) is 0 Å². The highest BCUT2D eigenvalue weighted by Gasteiger charge is 2.42. The van der Waals surface area contributed by atoms with Crippen LogP contribution in [0.2, 0.25) is 0 Å². The molecule has 0 radical (unpaired) electrons. The molecule has 0 atom stereocenters. The Bertz CT molecular complexity index is 872. The summed E-state index contributed by atoms with van der Waals surface area (Å²) in [6.07, 6.45) is -1.91. The van der Waals surface area contributed by atoms with Gasteiger partial charge in [0.2, 0.25) is 5.69 Å². The Morgan fingerprint density at radius 2 is 1.58 bits per heavy atom. The molecule has 3 rings (SSSR count). The summed E-state index contributed by atoms with van der Waals surface area (Å²) in [4.78, 5) is 13.4. The van der Waals surface area contributed by atoms with E-state index in [0.717, 1.165) is 0 Å². The molecule has 7 heteroatoms. The molecule has 0 aliphatic carbocycles. The molecular formula is C17H11F3N2O2. The van der Waals surface area contributed by atoms with Gasteiger partial charge in [0.15, 0.2) is 18.1 Å². The van der Waals surface area contributed by atoms with Crippen molar-refractivity contribution in [3.05, 3.63) is 72.3 Å². The van der Waals surface area contributed by atoms with Crippen molar-refractivity contribution in [3.63, 3.8) is 0 Å². The largest absolute Gasteiger partial charge is 0.543 e. The fourth-order valence-electron chi connectivity index (χ4n) is 2.54. The van der Waals surface area contributed by atoms with E-state index in [2.05, 4.69) is 0 Å². The smallest absolute Gasteiger partial charge is 0.437 e. The van der Waals surface area contributed by atoms with Gasteiger partial charge in [-0.3, -0.25) is 0 Å². The van der Waals surface area contributed by atoms with Gasteiger partial charge in [0.1, 0.15) is 0 Å². The van der Waals surface area contributed by atoms with Crippen molar-refractivity contribution >= 4 is 5.97 Å². The molecule has 2 aromatic heterocycles. The van der Waals surface area contributed by atoms with Crippen LogP contribution >= 0.6 is 0 Å². The highest BCUT2D eigenvalue weighted by atomic mass is 19.4. The Balaban J connectivity index is 2.41. The monoisotopic (exact) mass is 332 g/mol. The third kappa shape index (κ3) is 2.76. The minimum absolute atomic E-state index is 0.0703. The van der Waals surface area contributed by atoms with E-state index in [-0.39, 0.29) is 11.3 Å². The number of halogens is 3. The lowest BCUT2D eigenvalue weighted by atomic mass is 10.0. The first-order chi connectivity index (χ1) is 11.4. The molecule has 122 valence electrons. The standard InChI is InChI=1S/C17H11F3N2O2/c18-17(19,20)15-14(22-9-5-2-6-10-22)12(13(21-15)16(23)24)11-7-3-1-4-8-11/h1-10,21H. The fraction of sp³-hybridized carbons (Fsp3) is 0.0588. The molecule has 2 heterocycles. The number of hydrogen-bond acceptors (Lipinski definition) is 2. The first-order valence-electron chi connectivity index (χ1n) is 6.96. The number of hydrogen-bond donors (Lipinski definition) is 1. The lowest BCUT2D eigenvalue weighted by Crippen LogP contribution is -2.32. The number of benzene rings is 1. The number of nitrogens with zero attached hydrogens (tertiary/aromatic N) is 1. The van der Waals surface area contributed by atoms with Crippen LogP contribution in [0.3, 0.4) is 0 Å². The molecule has 1 aromatic carbocycles. The summed E-state index contributed by atoms with van der Waals surface area (Å²) < 4.78 is 41.6. The molecule has 0 saturated heterocycles. The van der Waals surface area contributed by atoms with Gasteiger partial charge in [0.25, 0.3) is 0 Å². The molecular weight excluding hydrogens is 321 g/mol. The van der Waals surface area contributed by atoms with Gasteiger partial charge in [-0.25, -0.2) is 0 Å². The normalized spacial score (nSPS) is 11.5. The number of rotatable bonds is 3. The van der Waals surface area contributed by atoms with E-state index in [4.69, 9.17) is 0 Å². The molecule has 24 heavy (non-hydrogen) atoms. The van der Waals surface area contributed by atoms with Gasteiger partial charge in [-0.2, -0.15) is 17.7 Å². The van der Waals surface area contributed by atoms with Gasteiger partial charge in [-0.05, 0) is 5.56 Å². The van der Waals surface area contributed by atoms with Crippen LogP contribution in [-0.2, 0) is 6.18 Å². The predicted octanol–water partition coefficient (Wildman–Crippen LogP) is 2.34. The second-order valence-corrected chi connectivity index (χ2v) is 5.03. The zero-order valence-corrected chi connectivity index (χ0v) is 12.2. The first-order valence-corrected chi connectivity index (χ1v) is 6.96.